The average Bonchev–Trinajstić information content (AvgIpc) is 2.61. The Morgan fingerprint density at radius 3 is 2.80 bits per heavy atom. The van der Waals surface area contributed by atoms with Crippen LogP contribution >= 0.6 is 0 Å². The Kier molecular flexibility index (Phi) is 5.09. The van der Waals surface area contributed by atoms with Crippen LogP contribution in [0.1, 0.15) is 46.0 Å². The standard InChI is InChI=1S/C12H23NO2/c1-3-5-9(2)12(15)13-8-10-6-4-7-11(10)14/h9-11,14H,3-8H2,1-2H3,(H,13,15). The second-order valence-corrected chi connectivity index (χ2v) is 4.69. The van der Waals surface area contributed by atoms with Crippen molar-refractivity contribution in [3.63, 3.8) is 0 Å². The summed E-state index contributed by atoms with van der Waals surface area (Å²) in [5, 5.41) is 12.5. The Hall–Kier alpha value is -0.570. The number of carbonyl (C=O) groups excluding carboxylic acids is 1. The Balaban J connectivity index is 2.21. The summed E-state index contributed by atoms with van der Waals surface area (Å²) in [5.74, 6) is 0.521. The zero-order valence-corrected chi connectivity index (χ0v) is 9.83. The van der Waals surface area contributed by atoms with Gasteiger partial charge in [0.25, 0.3) is 0 Å². The molecule has 0 spiro atoms. The summed E-state index contributed by atoms with van der Waals surface area (Å²) < 4.78 is 0. The van der Waals surface area contributed by atoms with E-state index in [-0.39, 0.29) is 23.8 Å². The van der Waals surface area contributed by atoms with E-state index >= 15 is 0 Å². The predicted molar refractivity (Wildman–Crippen MR) is 60.4 cm³/mol. The first-order valence-corrected chi connectivity index (χ1v) is 6.11. The maximum Gasteiger partial charge on any atom is 0.222 e. The molecule has 1 rings (SSSR count). The van der Waals surface area contributed by atoms with Gasteiger partial charge in [0.2, 0.25) is 5.91 Å². The number of carbonyl (C=O) groups is 1. The smallest absolute Gasteiger partial charge is 0.222 e. The Morgan fingerprint density at radius 2 is 2.27 bits per heavy atom. The quantitative estimate of drug-likeness (QED) is 0.730. The third-order valence-electron chi connectivity index (χ3n) is 3.33. The molecule has 0 radical (unpaired) electrons. The fraction of sp³-hybridized carbons (Fsp3) is 0.917. The predicted octanol–water partition coefficient (Wildman–Crippen LogP) is 1.70. The lowest BCUT2D eigenvalue weighted by Crippen LogP contribution is -2.35. The van der Waals surface area contributed by atoms with Gasteiger partial charge in [0.05, 0.1) is 6.10 Å². The van der Waals surface area contributed by atoms with Crippen molar-refractivity contribution in [3.05, 3.63) is 0 Å². The number of hydrogen-bond acceptors (Lipinski definition) is 2. The Bertz CT molecular complexity index is 206. The lowest BCUT2D eigenvalue weighted by molar-refractivity contribution is -0.125. The van der Waals surface area contributed by atoms with E-state index in [1.54, 1.807) is 0 Å². The van der Waals surface area contributed by atoms with Crippen LogP contribution in [-0.4, -0.2) is 23.7 Å². The van der Waals surface area contributed by atoms with Gasteiger partial charge in [0.15, 0.2) is 0 Å². The van der Waals surface area contributed by atoms with Crippen LogP contribution in [0, 0.1) is 11.8 Å². The van der Waals surface area contributed by atoms with E-state index in [0.717, 1.165) is 32.1 Å². The molecule has 0 aromatic rings. The normalized spacial score (nSPS) is 27.7. The lowest BCUT2D eigenvalue weighted by atomic mass is 10.0. The number of hydrogen-bond donors (Lipinski definition) is 2. The number of amides is 1. The van der Waals surface area contributed by atoms with Crippen molar-refractivity contribution in [1.29, 1.82) is 0 Å². The maximum absolute atomic E-state index is 11.6. The van der Waals surface area contributed by atoms with Crippen LogP contribution < -0.4 is 5.32 Å². The number of rotatable bonds is 5. The van der Waals surface area contributed by atoms with Crippen LogP contribution in [0.15, 0.2) is 0 Å². The van der Waals surface area contributed by atoms with E-state index in [4.69, 9.17) is 0 Å². The molecule has 0 aromatic carbocycles. The summed E-state index contributed by atoms with van der Waals surface area (Å²) in [6, 6.07) is 0. The summed E-state index contributed by atoms with van der Waals surface area (Å²) in [4.78, 5) is 11.6. The van der Waals surface area contributed by atoms with Gasteiger partial charge in [0, 0.05) is 18.4 Å². The third kappa shape index (κ3) is 3.82. The second kappa shape index (κ2) is 6.11. The maximum atomic E-state index is 11.6. The summed E-state index contributed by atoms with van der Waals surface area (Å²) in [6.07, 6.45) is 4.81. The summed E-state index contributed by atoms with van der Waals surface area (Å²) in [6.45, 7) is 4.70. The minimum atomic E-state index is -0.202. The van der Waals surface area contributed by atoms with Gasteiger partial charge in [-0.1, -0.05) is 26.7 Å². The van der Waals surface area contributed by atoms with Crippen molar-refractivity contribution in [2.75, 3.05) is 6.54 Å². The molecule has 0 aliphatic heterocycles. The van der Waals surface area contributed by atoms with Gasteiger partial charge in [-0.25, -0.2) is 0 Å². The Morgan fingerprint density at radius 1 is 1.53 bits per heavy atom. The molecule has 0 heterocycles. The highest BCUT2D eigenvalue weighted by Crippen LogP contribution is 2.24. The molecule has 1 aliphatic rings. The molecule has 88 valence electrons. The van der Waals surface area contributed by atoms with E-state index in [2.05, 4.69) is 12.2 Å². The van der Waals surface area contributed by atoms with Crippen molar-refractivity contribution in [2.45, 2.75) is 52.1 Å². The first kappa shape index (κ1) is 12.5. The monoisotopic (exact) mass is 213 g/mol. The van der Waals surface area contributed by atoms with E-state index in [0.29, 0.717) is 6.54 Å². The average molecular weight is 213 g/mol. The number of aliphatic hydroxyl groups excluding tert-OH is 1. The molecule has 0 saturated heterocycles. The first-order valence-electron chi connectivity index (χ1n) is 6.11. The highest BCUT2D eigenvalue weighted by atomic mass is 16.3. The molecule has 3 nitrogen and oxygen atoms in total. The van der Waals surface area contributed by atoms with Gasteiger partial charge in [0.1, 0.15) is 0 Å². The van der Waals surface area contributed by atoms with E-state index < -0.39 is 0 Å². The van der Waals surface area contributed by atoms with E-state index in [1.807, 2.05) is 6.92 Å². The Labute approximate surface area is 92.3 Å². The van der Waals surface area contributed by atoms with Crippen molar-refractivity contribution >= 4 is 5.91 Å². The molecule has 1 fully saturated rings. The zero-order chi connectivity index (χ0) is 11.3. The van der Waals surface area contributed by atoms with Crippen molar-refractivity contribution in [2.24, 2.45) is 11.8 Å². The van der Waals surface area contributed by atoms with Crippen LogP contribution in [0.3, 0.4) is 0 Å². The summed E-state index contributed by atoms with van der Waals surface area (Å²) >= 11 is 0. The van der Waals surface area contributed by atoms with Gasteiger partial charge in [-0.2, -0.15) is 0 Å². The minimum absolute atomic E-state index is 0.105. The zero-order valence-electron chi connectivity index (χ0n) is 9.83. The van der Waals surface area contributed by atoms with E-state index in [1.165, 1.54) is 0 Å². The molecule has 1 saturated carbocycles. The fourth-order valence-corrected chi connectivity index (χ4v) is 2.23. The van der Waals surface area contributed by atoms with Gasteiger partial charge >= 0.3 is 0 Å². The van der Waals surface area contributed by atoms with Crippen LogP contribution in [0.25, 0.3) is 0 Å². The topological polar surface area (TPSA) is 49.3 Å². The van der Waals surface area contributed by atoms with Crippen LogP contribution in [0.5, 0.6) is 0 Å². The fourth-order valence-electron chi connectivity index (χ4n) is 2.23. The third-order valence-corrected chi connectivity index (χ3v) is 3.33. The highest BCUT2D eigenvalue weighted by molar-refractivity contribution is 5.78. The van der Waals surface area contributed by atoms with Crippen LogP contribution in [0.2, 0.25) is 0 Å². The molecular weight excluding hydrogens is 190 g/mol. The largest absolute Gasteiger partial charge is 0.393 e. The first-order chi connectivity index (χ1) is 7.15. The second-order valence-electron chi connectivity index (χ2n) is 4.69. The summed E-state index contributed by atoms with van der Waals surface area (Å²) in [7, 11) is 0. The molecule has 3 unspecified atom stereocenters. The van der Waals surface area contributed by atoms with E-state index in [9.17, 15) is 9.90 Å². The minimum Gasteiger partial charge on any atom is -0.393 e. The van der Waals surface area contributed by atoms with Gasteiger partial charge in [-0.05, 0) is 19.3 Å². The molecule has 2 N–H and O–H groups in total. The van der Waals surface area contributed by atoms with Crippen LogP contribution in [0.4, 0.5) is 0 Å². The molecule has 0 bridgehead atoms. The molecule has 3 heteroatoms. The van der Waals surface area contributed by atoms with Gasteiger partial charge in [-0.3, -0.25) is 4.79 Å². The summed E-state index contributed by atoms with van der Waals surface area (Å²) in [5.41, 5.74) is 0. The van der Waals surface area contributed by atoms with Crippen molar-refractivity contribution < 1.29 is 9.90 Å². The van der Waals surface area contributed by atoms with Crippen LogP contribution in [-0.2, 0) is 4.79 Å². The number of nitrogens with one attached hydrogen (secondary N) is 1. The van der Waals surface area contributed by atoms with Crippen molar-refractivity contribution in [1.82, 2.24) is 5.32 Å². The van der Waals surface area contributed by atoms with Crippen molar-refractivity contribution in [3.8, 4) is 0 Å². The van der Waals surface area contributed by atoms with Gasteiger partial charge < -0.3 is 10.4 Å². The number of aliphatic hydroxyl groups is 1. The molecule has 3 atom stereocenters. The molecule has 0 aromatic heterocycles. The molecular formula is C12H23NO2. The SMILES string of the molecule is CCCC(C)C(=O)NCC1CCCC1O. The molecule has 1 amide bonds. The lowest BCUT2D eigenvalue weighted by Gasteiger charge is -2.17. The molecule has 1 aliphatic carbocycles. The van der Waals surface area contributed by atoms with Gasteiger partial charge in [-0.15, -0.1) is 0 Å². The highest BCUT2D eigenvalue weighted by Gasteiger charge is 2.25. The molecule has 15 heavy (non-hydrogen) atoms.